The number of nitrogens with zero attached hydrogens (tertiary/aromatic N) is 1. The highest BCUT2D eigenvalue weighted by Gasteiger charge is 2.67. The van der Waals surface area contributed by atoms with E-state index in [2.05, 4.69) is 10.6 Å². The van der Waals surface area contributed by atoms with Crippen molar-refractivity contribution in [1.29, 1.82) is 0 Å². The van der Waals surface area contributed by atoms with Gasteiger partial charge in [-0.15, -0.1) is 0 Å². The molecule has 0 aromatic heterocycles. The monoisotopic (exact) mass is 383 g/mol. The van der Waals surface area contributed by atoms with Gasteiger partial charge in [0.05, 0.1) is 20.1 Å². The average Bonchev–Trinajstić information content (AvgIpc) is 3.16. The van der Waals surface area contributed by atoms with E-state index in [1.165, 1.54) is 14.2 Å². The highest BCUT2D eigenvalue weighted by atomic mass is 16.6. The number of nitrogens with one attached hydrogen (secondary N) is 2. The average molecular weight is 383 g/mol. The molecule has 2 aliphatic rings. The van der Waals surface area contributed by atoms with Gasteiger partial charge in [-0.3, -0.25) is 20.2 Å². The summed E-state index contributed by atoms with van der Waals surface area (Å²) in [5.74, 6) is 0.102. The van der Waals surface area contributed by atoms with Crippen molar-refractivity contribution in [3.8, 4) is 11.5 Å². The molecule has 0 bridgehead atoms. The SMILES string of the molecule is COc1ccc([C@@H]2[C@H](C)N[C@@]3(C(=O)Nc4ccccc43)[C@H]2[N+](=O)[O-])cc1OC. The number of carbonyl (C=O) groups excluding carboxylic acids is 1. The van der Waals surface area contributed by atoms with Gasteiger partial charge in [0.25, 0.3) is 11.9 Å². The van der Waals surface area contributed by atoms with E-state index < -0.39 is 23.4 Å². The van der Waals surface area contributed by atoms with Crippen LogP contribution in [0.25, 0.3) is 0 Å². The molecule has 0 unspecified atom stereocenters. The highest BCUT2D eigenvalue weighted by Crippen LogP contribution is 2.50. The lowest BCUT2D eigenvalue weighted by Gasteiger charge is -2.25. The molecule has 0 saturated carbocycles. The van der Waals surface area contributed by atoms with Crippen molar-refractivity contribution in [1.82, 2.24) is 5.32 Å². The summed E-state index contributed by atoms with van der Waals surface area (Å²) in [5.41, 5.74) is 0.508. The number of rotatable bonds is 4. The molecule has 2 aromatic carbocycles. The van der Waals surface area contributed by atoms with Gasteiger partial charge in [-0.25, -0.2) is 0 Å². The van der Waals surface area contributed by atoms with Crippen LogP contribution in [0.15, 0.2) is 42.5 Å². The molecule has 8 heteroatoms. The Morgan fingerprint density at radius 3 is 2.50 bits per heavy atom. The second-order valence-corrected chi connectivity index (χ2v) is 7.11. The minimum atomic E-state index is -1.42. The second-order valence-electron chi connectivity index (χ2n) is 7.11. The third-order valence-corrected chi connectivity index (χ3v) is 5.76. The number of amides is 1. The lowest BCUT2D eigenvalue weighted by atomic mass is 9.78. The largest absolute Gasteiger partial charge is 0.493 e. The Kier molecular flexibility index (Phi) is 4.23. The van der Waals surface area contributed by atoms with Crippen molar-refractivity contribution in [2.75, 3.05) is 19.5 Å². The van der Waals surface area contributed by atoms with Gasteiger partial charge in [0.15, 0.2) is 17.0 Å². The van der Waals surface area contributed by atoms with Crippen molar-refractivity contribution in [2.24, 2.45) is 0 Å². The van der Waals surface area contributed by atoms with Gasteiger partial charge in [0.1, 0.15) is 0 Å². The third kappa shape index (κ3) is 2.37. The van der Waals surface area contributed by atoms with Gasteiger partial charge in [-0.2, -0.15) is 0 Å². The number of benzene rings is 2. The Labute approximate surface area is 162 Å². The molecule has 2 N–H and O–H groups in total. The zero-order valence-corrected chi connectivity index (χ0v) is 15.8. The minimum Gasteiger partial charge on any atom is -0.493 e. The number of methoxy groups -OCH3 is 2. The second kappa shape index (κ2) is 6.49. The maximum absolute atomic E-state index is 13.0. The topological polar surface area (TPSA) is 103 Å². The Hall–Kier alpha value is -3.13. The van der Waals surface area contributed by atoms with Gasteiger partial charge in [-0.1, -0.05) is 24.3 Å². The summed E-state index contributed by atoms with van der Waals surface area (Å²) in [6.07, 6.45) is 0. The summed E-state index contributed by atoms with van der Waals surface area (Å²) >= 11 is 0. The van der Waals surface area contributed by atoms with Crippen molar-refractivity contribution >= 4 is 11.6 Å². The molecule has 2 heterocycles. The van der Waals surface area contributed by atoms with Crippen LogP contribution >= 0.6 is 0 Å². The maximum Gasteiger partial charge on any atom is 0.256 e. The molecule has 0 radical (unpaired) electrons. The smallest absolute Gasteiger partial charge is 0.256 e. The number of carbonyl (C=O) groups is 1. The Morgan fingerprint density at radius 1 is 1.11 bits per heavy atom. The fourth-order valence-electron chi connectivity index (χ4n) is 4.61. The number of fused-ring (bicyclic) bond motifs is 2. The fraction of sp³-hybridized carbons (Fsp3) is 0.350. The van der Waals surface area contributed by atoms with Crippen LogP contribution < -0.4 is 20.1 Å². The summed E-state index contributed by atoms with van der Waals surface area (Å²) < 4.78 is 10.6. The summed E-state index contributed by atoms with van der Waals surface area (Å²) in [7, 11) is 3.05. The number of hydrogen-bond acceptors (Lipinski definition) is 6. The lowest BCUT2D eigenvalue weighted by Crippen LogP contribution is -2.54. The number of ether oxygens (including phenoxy) is 2. The normalized spacial score (nSPS) is 28.1. The maximum atomic E-state index is 13.0. The molecule has 1 amide bonds. The number of hydrogen-bond donors (Lipinski definition) is 2. The van der Waals surface area contributed by atoms with E-state index in [0.29, 0.717) is 28.3 Å². The molecule has 28 heavy (non-hydrogen) atoms. The van der Waals surface area contributed by atoms with Gasteiger partial charge < -0.3 is 14.8 Å². The molecule has 1 fully saturated rings. The van der Waals surface area contributed by atoms with Crippen molar-refractivity contribution in [3.05, 3.63) is 63.7 Å². The van der Waals surface area contributed by atoms with Crippen LogP contribution in [0.4, 0.5) is 5.69 Å². The standard InChI is InChI=1S/C20H21N3O5/c1-11-17(12-8-9-15(27-2)16(10-12)28-3)18(23(25)26)20(22-11)13-6-4-5-7-14(13)21-19(20)24/h4-11,17-18,22H,1-3H3,(H,21,24)/t11-,17-,18-,20+/m0/s1. The summed E-state index contributed by atoms with van der Waals surface area (Å²) in [6, 6.07) is 10.9. The van der Waals surface area contributed by atoms with E-state index in [-0.39, 0.29) is 11.0 Å². The van der Waals surface area contributed by atoms with Crippen LogP contribution in [0, 0.1) is 10.1 Å². The van der Waals surface area contributed by atoms with Crippen LogP contribution in [-0.4, -0.2) is 37.1 Å². The lowest BCUT2D eigenvalue weighted by molar-refractivity contribution is -0.532. The van der Waals surface area contributed by atoms with Gasteiger partial charge >= 0.3 is 0 Å². The number of anilines is 1. The molecule has 4 atom stereocenters. The minimum absolute atomic E-state index is 0.314. The van der Waals surface area contributed by atoms with Crippen molar-refractivity contribution < 1.29 is 19.2 Å². The van der Waals surface area contributed by atoms with E-state index in [0.717, 1.165) is 0 Å². The number of para-hydroxylation sites is 1. The molecule has 4 rings (SSSR count). The number of nitro groups is 1. The van der Waals surface area contributed by atoms with Crippen LogP contribution in [0.3, 0.4) is 0 Å². The summed E-state index contributed by atoms with van der Waals surface area (Å²) in [6.45, 7) is 1.86. The van der Waals surface area contributed by atoms with E-state index >= 15 is 0 Å². The van der Waals surface area contributed by atoms with E-state index in [4.69, 9.17) is 9.47 Å². The predicted octanol–water partition coefficient (Wildman–Crippen LogP) is 2.27. The van der Waals surface area contributed by atoms with Gasteiger partial charge in [0.2, 0.25) is 0 Å². The summed E-state index contributed by atoms with van der Waals surface area (Å²) in [4.78, 5) is 24.9. The Balaban J connectivity index is 1.87. The molecular formula is C20H21N3O5. The van der Waals surface area contributed by atoms with Gasteiger partial charge in [-0.05, 0) is 30.7 Å². The molecule has 1 saturated heterocycles. The zero-order chi connectivity index (χ0) is 20.1. The first kappa shape index (κ1) is 18.2. The Morgan fingerprint density at radius 2 is 1.82 bits per heavy atom. The van der Waals surface area contributed by atoms with E-state index in [1.54, 1.807) is 42.5 Å². The quantitative estimate of drug-likeness (QED) is 0.620. The van der Waals surface area contributed by atoms with E-state index in [9.17, 15) is 14.9 Å². The fourth-order valence-corrected chi connectivity index (χ4v) is 4.61. The van der Waals surface area contributed by atoms with Crippen LogP contribution in [-0.2, 0) is 10.3 Å². The first-order valence-corrected chi connectivity index (χ1v) is 8.98. The highest BCUT2D eigenvalue weighted by molar-refractivity contribution is 6.07. The molecule has 1 spiro atoms. The third-order valence-electron chi connectivity index (χ3n) is 5.76. The summed E-state index contributed by atoms with van der Waals surface area (Å²) in [5, 5.41) is 18.3. The zero-order valence-electron chi connectivity index (χ0n) is 15.8. The molecule has 0 aliphatic carbocycles. The van der Waals surface area contributed by atoms with Gasteiger partial charge in [0, 0.05) is 22.2 Å². The first-order chi connectivity index (χ1) is 13.4. The molecule has 2 aliphatic heterocycles. The van der Waals surface area contributed by atoms with Crippen LogP contribution in [0.1, 0.15) is 24.0 Å². The van der Waals surface area contributed by atoms with Crippen LogP contribution in [0.2, 0.25) is 0 Å². The molecule has 146 valence electrons. The predicted molar refractivity (Wildman–Crippen MR) is 102 cm³/mol. The Bertz CT molecular complexity index is 963. The molecular weight excluding hydrogens is 362 g/mol. The first-order valence-electron chi connectivity index (χ1n) is 8.98. The molecule has 2 aromatic rings. The van der Waals surface area contributed by atoms with Crippen LogP contribution in [0.5, 0.6) is 11.5 Å². The van der Waals surface area contributed by atoms with E-state index in [1.807, 2.05) is 6.92 Å². The van der Waals surface area contributed by atoms with Crippen molar-refractivity contribution in [2.45, 2.75) is 30.5 Å². The molecule has 8 nitrogen and oxygen atoms in total. The van der Waals surface area contributed by atoms with Crippen molar-refractivity contribution in [3.63, 3.8) is 0 Å².